The van der Waals surface area contributed by atoms with E-state index in [2.05, 4.69) is 26.7 Å². The van der Waals surface area contributed by atoms with Crippen LogP contribution in [0.15, 0.2) is 158 Å². The van der Waals surface area contributed by atoms with Gasteiger partial charge in [0.25, 0.3) is 11.8 Å². The number of aromatic nitrogens is 2. The first-order valence-corrected chi connectivity index (χ1v) is 20.9. The highest BCUT2D eigenvalue weighted by atomic mass is 35.5. The van der Waals surface area contributed by atoms with Gasteiger partial charge < -0.3 is 30.3 Å². The molecule has 2 aromatic heterocycles. The summed E-state index contributed by atoms with van der Waals surface area (Å²) in [5.74, 6) is 0.620. The van der Waals surface area contributed by atoms with Crippen LogP contribution < -0.4 is 20.1 Å². The maximum Gasteiger partial charge on any atom is 0.258 e. The van der Waals surface area contributed by atoms with Crippen LogP contribution in [-0.2, 0) is 9.59 Å². The van der Waals surface area contributed by atoms with E-state index in [1.165, 1.54) is 0 Å². The van der Waals surface area contributed by atoms with Crippen LogP contribution in [0.1, 0.15) is 54.5 Å². The number of amides is 2. The van der Waals surface area contributed by atoms with Crippen molar-refractivity contribution < 1.29 is 29.3 Å². The maximum atomic E-state index is 12.7. The van der Waals surface area contributed by atoms with Crippen molar-refractivity contribution in [3.8, 4) is 23.0 Å². The van der Waals surface area contributed by atoms with Crippen LogP contribution in [0.3, 0.4) is 0 Å². The van der Waals surface area contributed by atoms with Crippen molar-refractivity contribution in [1.82, 2.24) is 20.6 Å². The molecule has 1 aliphatic rings. The molecule has 7 aromatic rings. The number of ether oxygens (including phenoxy) is 2. The van der Waals surface area contributed by atoms with E-state index in [-0.39, 0.29) is 36.5 Å². The van der Waals surface area contributed by atoms with E-state index in [9.17, 15) is 19.8 Å². The third-order valence-corrected chi connectivity index (χ3v) is 10.8. The molecule has 0 bridgehead atoms. The Morgan fingerprint density at radius 3 is 1.73 bits per heavy atom. The lowest BCUT2D eigenvalue weighted by Gasteiger charge is -2.26. The zero-order valence-electron chi connectivity index (χ0n) is 33.6. The van der Waals surface area contributed by atoms with Crippen molar-refractivity contribution in [2.45, 2.75) is 37.8 Å². The van der Waals surface area contributed by atoms with Crippen LogP contribution in [0.5, 0.6) is 23.0 Å². The van der Waals surface area contributed by atoms with E-state index in [1.807, 2.05) is 78.9 Å². The van der Waals surface area contributed by atoms with Gasteiger partial charge in [-0.2, -0.15) is 0 Å². The Morgan fingerprint density at radius 1 is 0.661 bits per heavy atom. The van der Waals surface area contributed by atoms with Gasteiger partial charge in [-0.25, -0.2) is 0 Å². The van der Waals surface area contributed by atoms with E-state index >= 15 is 0 Å². The number of phenolic OH excluding ortho intramolecular Hbond substituents is 2. The van der Waals surface area contributed by atoms with E-state index in [0.29, 0.717) is 54.5 Å². The van der Waals surface area contributed by atoms with E-state index in [4.69, 9.17) is 32.7 Å². The molecule has 4 N–H and O–H groups in total. The minimum absolute atomic E-state index is 0.0306. The first-order valence-electron chi connectivity index (χ1n) is 20.1. The zero-order valence-corrected chi connectivity index (χ0v) is 35.1. The van der Waals surface area contributed by atoms with Crippen molar-refractivity contribution in [2.24, 2.45) is 0 Å². The van der Waals surface area contributed by atoms with Crippen molar-refractivity contribution in [3.63, 3.8) is 0 Å². The lowest BCUT2D eigenvalue weighted by molar-refractivity contribution is -0.124. The molecule has 10 nitrogen and oxygen atoms in total. The van der Waals surface area contributed by atoms with Crippen LogP contribution >= 0.6 is 23.2 Å². The Kier molecular flexibility index (Phi) is 14.7. The highest BCUT2D eigenvalue weighted by molar-refractivity contribution is 6.36. The molecule has 2 atom stereocenters. The van der Waals surface area contributed by atoms with Crippen LogP contribution in [0.4, 0.5) is 0 Å². The van der Waals surface area contributed by atoms with Crippen LogP contribution in [-0.4, -0.2) is 45.2 Å². The molecular weight excluding hydrogens is 823 g/mol. The minimum Gasteiger partial charge on any atom is -0.505 e. The number of hydrogen-bond donors (Lipinski definition) is 4. The lowest BCUT2D eigenvalue weighted by Crippen LogP contribution is -2.34. The molecule has 1 aliphatic carbocycles. The SMILES string of the molecule is O=C(COc1ccccc1)NC(/C=C/c1ccccc1)c1cc(Cl)c2cccnc2c1O.O=C(COc1ccccc1)NC(C1=CCCCC1)c1cc(Cl)c2cccnc2c1O. The van der Waals surface area contributed by atoms with Gasteiger partial charge in [0, 0.05) is 34.3 Å². The Morgan fingerprint density at radius 2 is 1.18 bits per heavy atom. The summed E-state index contributed by atoms with van der Waals surface area (Å²) < 4.78 is 11.1. The van der Waals surface area contributed by atoms with Crippen molar-refractivity contribution in [2.75, 3.05) is 13.2 Å². The van der Waals surface area contributed by atoms with Crippen LogP contribution in [0.25, 0.3) is 27.9 Å². The number of benzene rings is 5. The molecule has 0 saturated carbocycles. The normalized spacial score (nSPS) is 13.4. The molecule has 0 radical (unpaired) electrons. The third kappa shape index (κ3) is 11.1. The summed E-state index contributed by atoms with van der Waals surface area (Å²) in [6.07, 6.45) is 13.0. The number of para-hydroxylation sites is 2. The van der Waals surface area contributed by atoms with Gasteiger partial charge in [0.15, 0.2) is 13.2 Å². The van der Waals surface area contributed by atoms with Gasteiger partial charge in [-0.3, -0.25) is 19.6 Å². The largest absolute Gasteiger partial charge is 0.505 e. The van der Waals surface area contributed by atoms with Gasteiger partial charge >= 0.3 is 0 Å². The molecule has 2 amide bonds. The van der Waals surface area contributed by atoms with E-state index < -0.39 is 12.1 Å². The number of nitrogens with one attached hydrogen (secondary N) is 2. The van der Waals surface area contributed by atoms with Gasteiger partial charge in [0.1, 0.15) is 34.0 Å². The number of carbonyl (C=O) groups excluding carboxylic acids is 2. The van der Waals surface area contributed by atoms with Crippen molar-refractivity contribution >= 4 is 62.9 Å². The fraction of sp³-hybridized carbons (Fsp3) is 0.160. The molecule has 0 saturated heterocycles. The summed E-state index contributed by atoms with van der Waals surface area (Å²) in [5.41, 5.74) is 3.82. The summed E-state index contributed by atoms with van der Waals surface area (Å²) in [5, 5.41) is 30.1. The molecule has 62 heavy (non-hydrogen) atoms. The van der Waals surface area contributed by atoms with Gasteiger partial charge in [0.2, 0.25) is 0 Å². The smallest absolute Gasteiger partial charge is 0.258 e. The first-order chi connectivity index (χ1) is 30.2. The predicted molar refractivity (Wildman–Crippen MR) is 245 cm³/mol. The molecule has 314 valence electrons. The summed E-state index contributed by atoms with van der Waals surface area (Å²) >= 11 is 12.9. The third-order valence-electron chi connectivity index (χ3n) is 10.2. The minimum atomic E-state index is -0.647. The van der Waals surface area contributed by atoms with Crippen molar-refractivity contribution in [3.05, 3.63) is 184 Å². The second-order valence-corrected chi connectivity index (χ2v) is 15.2. The zero-order chi connectivity index (χ0) is 43.3. The molecule has 5 aromatic carbocycles. The maximum absolute atomic E-state index is 12.7. The number of nitrogens with zero attached hydrogens (tertiary/aromatic N) is 2. The number of pyridine rings is 2. The van der Waals surface area contributed by atoms with Gasteiger partial charge in [-0.05, 0) is 97.5 Å². The molecule has 12 heteroatoms. The van der Waals surface area contributed by atoms with Gasteiger partial charge in [0.05, 0.1) is 22.1 Å². The molecule has 2 heterocycles. The average molecular weight is 868 g/mol. The standard InChI is InChI=1S/C26H21ClN2O3.C24H23ClN2O3/c27-22-16-21(26(31)25-20(22)12-7-15-28-25)23(14-13-18-8-3-1-4-9-18)29-24(30)17-32-19-10-5-2-6-11-19;25-20-14-19(24(29)23-18(20)12-7-13-26-23)22(16-8-3-1-4-9-16)27-21(28)15-30-17-10-5-2-6-11-17/h1-16,23,31H,17H2,(H,29,30);2,5-8,10-14,22,29H,1,3-4,9,15H2,(H,27,28)/b14-13+;. The molecule has 0 fully saturated rings. The topological polar surface area (TPSA) is 143 Å². The average Bonchev–Trinajstić information content (AvgIpc) is 3.32. The highest BCUT2D eigenvalue weighted by Crippen LogP contribution is 2.41. The Balaban J connectivity index is 0.000000187. The number of rotatable bonds is 13. The summed E-state index contributed by atoms with van der Waals surface area (Å²) in [6.45, 7) is -0.284. The monoisotopic (exact) mass is 866 g/mol. The fourth-order valence-corrected chi connectivity index (χ4v) is 7.65. The molecule has 0 spiro atoms. The Labute approximate surface area is 369 Å². The Bertz CT molecular complexity index is 2700. The van der Waals surface area contributed by atoms with Gasteiger partial charge in [-0.1, -0.05) is 108 Å². The number of aromatic hydroxyl groups is 2. The molecule has 2 unspecified atom stereocenters. The summed E-state index contributed by atoms with van der Waals surface area (Å²) in [6, 6.07) is 37.3. The Hall–Kier alpha value is -6.88. The van der Waals surface area contributed by atoms with Crippen LogP contribution in [0.2, 0.25) is 10.0 Å². The van der Waals surface area contributed by atoms with E-state index in [0.717, 1.165) is 36.8 Å². The number of phenols is 2. The van der Waals surface area contributed by atoms with Gasteiger partial charge in [-0.15, -0.1) is 0 Å². The summed E-state index contributed by atoms with van der Waals surface area (Å²) in [7, 11) is 0. The number of halogens is 2. The second-order valence-electron chi connectivity index (χ2n) is 14.4. The number of allylic oxidation sites excluding steroid dienone is 1. The molecule has 0 aliphatic heterocycles. The summed E-state index contributed by atoms with van der Waals surface area (Å²) in [4.78, 5) is 33.9. The lowest BCUT2D eigenvalue weighted by atomic mass is 9.88. The van der Waals surface area contributed by atoms with Crippen LogP contribution in [0, 0.1) is 0 Å². The number of hydrogen-bond acceptors (Lipinski definition) is 8. The first kappa shape index (κ1) is 43.2. The predicted octanol–water partition coefficient (Wildman–Crippen LogP) is 10.9. The molecular formula is C50H44Cl2N4O6. The highest BCUT2D eigenvalue weighted by Gasteiger charge is 2.26. The van der Waals surface area contributed by atoms with Crippen molar-refractivity contribution in [1.29, 1.82) is 0 Å². The van der Waals surface area contributed by atoms with E-state index in [1.54, 1.807) is 73.1 Å². The quantitative estimate of drug-likeness (QED) is 0.0839. The second kappa shape index (κ2) is 21.1. The molecule has 8 rings (SSSR count). The fourth-order valence-electron chi connectivity index (χ4n) is 7.11. The number of fused-ring (bicyclic) bond motifs is 2. The number of carbonyl (C=O) groups is 2.